The Morgan fingerprint density at radius 1 is 1.17 bits per heavy atom. The summed E-state index contributed by atoms with van der Waals surface area (Å²) in [6.45, 7) is 0.146. The fourth-order valence-electron chi connectivity index (χ4n) is 2.32. The number of benzene rings is 1. The van der Waals surface area contributed by atoms with Crippen LogP contribution in [0.4, 0.5) is 5.95 Å². The SMILES string of the molecule is O=C(Nc1nccc(-c2cccs2)n1)[C@@H]1COc2ccccc2O1. The molecule has 24 heavy (non-hydrogen) atoms. The summed E-state index contributed by atoms with van der Waals surface area (Å²) < 4.78 is 11.2. The van der Waals surface area contributed by atoms with Crippen molar-refractivity contribution in [2.24, 2.45) is 0 Å². The van der Waals surface area contributed by atoms with Crippen LogP contribution in [-0.2, 0) is 4.79 Å². The molecule has 1 atom stereocenters. The minimum Gasteiger partial charge on any atom is -0.485 e. The predicted octanol–water partition coefficient (Wildman–Crippen LogP) is 2.98. The molecule has 0 aliphatic carbocycles. The molecule has 1 N–H and O–H groups in total. The molecule has 7 heteroatoms. The largest absolute Gasteiger partial charge is 0.485 e. The lowest BCUT2D eigenvalue weighted by Gasteiger charge is -2.25. The van der Waals surface area contributed by atoms with Crippen molar-refractivity contribution in [3.8, 4) is 22.1 Å². The van der Waals surface area contributed by atoms with Crippen LogP contribution in [0.15, 0.2) is 54.0 Å². The summed E-state index contributed by atoms with van der Waals surface area (Å²) in [6, 6.07) is 13.0. The summed E-state index contributed by atoms with van der Waals surface area (Å²) in [7, 11) is 0. The van der Waals surface area contributed by atoms with E-state index in [-0.39, 0.29) is 18.5 Å². The molecular weight excluding hydrogens is 326 g/mol. The molecule has 0 bridgehead atoms. The van der Waals surface area contributed by atoms with E-state index in [2.05, 4.69) is 15.3 Å². The van der Waals surface area contributed by atoms with Crippen LogP contribution in [-0.4, -0.2) is 28.6 Å². The molecular formula is C17H13N3O3S. The lowest BCUT2D eigenvalue weighted by Crippen LogP contribution is -2.40. The van der Waals surface area contributed by atoms with Gasteiger partial charge in [0.05, 0.1) is 10.6 Å². The minimum absolute atomic E-state index is 0.146. The number of carbonyl (C=O) groups is 1. The van der Waals surface area contributed by atoms with Crippen molar-refractivity contribution in [2.45, 2.75) is 6.10 Å². The number of aromatic nitrogens is 2. The number of nitrogens with one attached hydrogen (secondary N) is 1. The third-order valence-electron chi connectivity index (χ3n) is 3.47. The fraction of sp³-hybridized carbons (Fsp3) is 0.118. The highest BCUT2D eigenvalue weighted by Crippen LogP contribution is 2.31. The highest BCUT2D eigenvalue weighted by atomic mass is 32.1. The summed E-state index contributed by atoms with van der Waals surface area (Å²) in [5.74, 6) is 1.09. The van der Waals surface area contributed by atoms with E-state index >= 15 is 0 Å². The lowest BCUT2D eigenvalue weighted by atomic mass is 10.2. The standard InChI is InChI=1S/C17H13N3O3S/c21-16(14-10-22-12-4-1-2-5-13(12)23-14)20-17-18-8-7-11(19-17)15-6-3-9-24-15/h1-9,14H,10H2,(H,18,19,20,21)/t14-/m0/s1. The number of fused-ring (bicyclic) bond motifs is 1. The highest BCUT2D eigenvalue weighted by molar-refractivity contribution is 7.13. The number of ether oxygens (including phenoxy) is 2. The molecule has 1 aliphatic rings. The molecule has 120 valence electrons. The summed E-state index contributed by atoms with van der Waals surface area (Å²) in [5.41, 5.74) is 0.765. The second-order valence-electron chi connectivity index (χ2n) is 5.10. The average Bonchev–Trinajstić information content (AvgIpc) is 3.16. The molecule has 0 radical (unpaired) electrons. The first-order chi connectivity index (χ1) is 11.8. The van der Waals surface area contributed by atoms with Gasteiger partial charge in [-0.2, -0.15) is 0 Å². The van der Waals surface area contributed by atoms with E-state index in [0.29, 0.717) is 11.5 Å². The van der Waals surface area contributed by atoms with E-state index in [1.165, 1.54) is 0 Å². The van der Waals surface area contributed by atoms with Crippen molar-refractivity contribution < 1.29 is 14.3 Å². The van der Waals surface area contributed by atoms with Crippen molar-refractivity contribution in [3.63, 3.8) is 0 Å². The Hall–Kier alpha value is -2.93. The van der Waals surface area contributed by atoms with Crippen LogP contribution < -0.4 is 14.8 Å². The van der Waals surface area contributed by atoms with Gasteiger partial charge in [0.2, 0.25) is 12.1 Å². The number of rotatable bonds is 3. The molecule has 3 heterocycles. The van der Waals surface area contributed by atoms with Crippen molar-refractivity contribution >= 4 is 23.2 Å². The van der Waals surface area contributed by atoms with Gasteiger partial charge in [-0.25, -0.2) is 9.97 Å². The number of carbonyl (C=O) groups excluding carboxylic acids is 1. The molecule has 4 rings (SSSR count). The minimum atomic E-state index is -0.742. The molecule has 0 saturated heterocycles. The van der Waals surface area contributed by atoms with Gasteiger partial charge in [0.15, 0.2) is 11.5 Å². The topological polar surface area (TPSA) is 73.3 Å². The highest BCUT2D eigenvalue weighted by Gasteiger charge is 2.27. The smallest absolute Gasteiger partial charge is 0.271 e. The summed E-state index contributed by atoms with van der Waals surface area (Å²) in [6.07, 6.45) is 0.875. The van der Waals surface area contributed by atoms with E-state index in [9.17, 15) is 4.79 Å². The Morgan fingerprint density at radius 3 is 2.88 bits per heavy atom. The van der Waals surface area contributed by atoms with Gasteiger partial charge in [0.25, 0.3) is 5.91 Å². The molecule has 0 spiro atoms. The van der Waals surface area contributed by atoms with Gasteiger partial charge in [0, 0.05) is 6.20 Å². The third-order valence-corrected chi connectivity index (χ3v) is 4.36. The predicted molar refractivity (Wildman–Crippen MR) is 90.3 cm³/mol. The van der Waals surface area contributed by atoms with Gasteiger partial charge >= 0.3 is 0 Å². The number of para-hydroxylation sites is 2. The number of anilines is 1. The average molecular weight is 339 g/mol. The zero-order valence-corrected chi connectivity index (χ0v) is 13.3. The van der Waals surface area contributed by atoms with E-state index in [1.54, 1.807) is 35.7 Å². The van der Waals surface area contributed by atoms with Gasteiger partial charge in [0.1, 0.15) is 6.61 Å². The molecule has 6 nitrogen and oxygen atoms in total. The Morgan fingerprint density at radius 2 is 2.04 bits per heavy atom. The maximum Gasteiger partial charge on any atom is 0.271 e. The van der Waals surface area contributed by atoms with E-state index in [0.717, 1.165) is 10.6 Å². The molecule has 0 unspecified atom stereocenters. The molecule has 1 aliphatic heterocycles. The first-order valence-electron chi connectivity index (χ1n) is 7.36. The zero-order chi connectivity index (χ0) is 16.4. The van der Waals surface area contributed by atoms with E-state index < -0.39 is 6.10 Å². The second-order valence-corrected chi connectivity index (χ2v) is 6.04. The van der Waals surface area contributed by atoms with Crippen LogP contribution in [0.2, 0.25) is 0 Å². The third kappa shape index (κ3) is 2.93. The Kier molecular flexibility index (Phi) is 3.84. The van der Waals surface area contributed by atoms with E-state index in [4.69, 9.17) is 9.47 Å². The van der Waals surface area contributed by atoms with Crippen LogP contribution in [0.25, 0.3) is 10.6 Å². The zero-order valence-electron chi connectivity index (χ0n) is 12.5. The van der Waals surface area contributed by atoms with Gasteiger partial charge in [-0.3, -0.25) is 10.1 Å². The van der Waals surface area contributed by atoms with Gasteiger partial charge in [-0.1, -0.05) is 18.2 Å². The van der Waals surface area contributed by atoms with Gasteiger partial charge in [-0.15, -0.1) is 11.3 Å². The number of nitrogens with zero attached hydrogens (tertiary/aromatic N) is 2. The van der Waals surface area contributed by atoms with Crippen molar-refractivity contribution in [1.82, 2.24) is 9.97 Å². The fourth-order valence-corrected chi connectivity index (χ4v) is 3.02. The summed E-state index contributed by atoms with van der Waals surface area (Å²) in [5, 5.41) is 4.66. The van der Waals surface area contributed by atoms with Crippen molar-refractivity contribution in [3.05, 3.63) is 54.0 Å². The van der Waals surface area contributed by atoms with Gasteiger partial charge < -0.3 is 9.47 Å². The number of thiophene rings is 1. The number of hydrogen-bond donors (Lipinski definition) is 1. The number of hydrogen-bond acceptors (Lipinski definition) is 6. The Bertz CT molecular complexity index is 867. The molecule has 1 amide bonds. The Labute approximate surface area is 142 Å². The monoisotopic (exact) mass is 339 g/mol. The molecule has 3 aromatic rings. The van der Waals surface area contributed by atoms with E-state index in [1.807, 2.05) is 29.6 Å². The quantitative estimate of drug-likeness (QED) is 0.794. The maximum atomic E-state index is 12.4. The lowest BCUT2D eigenvalue weighted by molar-refractivity contribution is -0.125. The molecule has 1 aromatic carbocycles. The molecule has 0 fully saturated rings. The Balaban J connectivity index is 1.48. The summed E-state index contributed by atoms with van der Waals surface area (Å²) in [4.78, 5) is 21.9. The van der Waals surface area contributed by atoms with Crippen LogP contribution in [0.3, 0.4) is 0 Å². The van der Waals surface area contributed by atoms with Crippen LogP contribution in [0.1, 0.15) is 0 Å². The van der Waals surface area contributed by atoms with Crippen LogP contribution in [0.5, 0.6) is 11.5 Å². The first kappa shape index (κ1) is 14.6. The second kappa shape index (κ2) is 6.29. The van der Waals surface area contributed by atoms with Gasteiger partial charge in [-0.05, 0) is 29.6 Å². The first-order valence-corrected chi connectivity index (χ1v) is 8.24. The summed E-state index contributed by atoms with van der Waals surface area (Å²) >= 11 is 1.58. The molecule has 2 aromatic heterocycles. The van der Waals surface area contributed by atoms with Crippen LogP contribution in [0, 0.1) is 0 Å². The normalized spacial score (nSPS) is 15.8. The molecule has 0 saturated carbocycles. The van der Waals surface area contributed by atoms with Crippen molar-refractivity contribution in [1.29, 1.82) is 0 Å². The van der Waals surface area contributed by atoms with Crippen LogP contribution >= 0.6 is 11.3 Å². The number of amides is 1. The van der Waals surface area contributed by atoms with Crippen molar-refractivity contribution in [2.75, 3.05) is 11.9 Å². The maximum absolute atomic E-state index is 12.4.